The Balaban J connectivity index is 2.16. The van der Waals surface area contributed by atoms with Gasteiger partial charge in [0, 0.05) is 11.9 Å². The van der Waals surface area contributed by atoms with Crippen LogP contribution in [0.15, 0.2) is 54.2 Å². The number of esters is 1. The lowest BCUT2D eigenvalue weighted by Gasteiger charge is -2.10. The van der Waals surface area contributed by atoms with Crippen molar-refractivity contribution in [3.05, 3.63) is 65.5 Å². The van der Waals surface area contributed by atoms with Crippen molar-refractivity contribution in [2.75, 3.05) is 17.2 Å². The first-order valence-corrected chi connectivity index (χ1v) is 7.93. The number of rotatable bonds is 6. The molecular weight excluding hydrogens is 332 g/mol. The Morgan fingerprint density at radius 3 is 2.69 bits per heavy atom. The summed E-state index contributed by atoms with van der Waals surface area (Å²) < 4.78 is 4.96. The normalized spacial score (nSPS) is 10.6. The molecule has 1 aromatic carbocycles. The number of pyridine rings is 1. The second kappa shape index (κ2) is 8.99. The van der Waals surface area contributed by atoms with E-state index in [9.17, 15) is 14.9 Å². The average Bonchev–Trinajstić information content (AvgIpc) is 2.63. The second-order valence-electron chi connectivity index (χ2n) is 5.20. The molecule has 2 aromatic rings. The number of para-hydroxylation sites is 1. The summed E-state index contributed by atoms with van der Waals surface area (Å²) >= 11 is 0. The smallest absolute Gasteiger partial charge is 0.340 e. The van der Waals surface area contributed by atoms with E-state index in [1.165, 1.54) is 12.3 Å². The Labute approximate surface area is 151 Å². The van der Waals surface area contributed by atoms with Crippen molar-refractivity contribution in [3.63, 3.8) is 0 Å². The van der Waals surface area contributed by atoms with E-state index in [1.807, 2.05) is 19.1 Å². The Kier molecular flexibility index (Phi) is 6.46. The number of hydrogen-bond donors (Lipinski definition) is 2. The zero-order valence-electron chi connectivity index (χ0n) is 14.4. The molecule has 0 aliphatic carbocycles. The van der Waals surface area contributed by atoms with Gasteiger partial charge in [0.05, 0.1) is 17.9 Å². The summed E-state index contributed by atoms with van der Waals surface area (Å²) in [6.45, 7) is 3.75. The summed E-state index contributed by atoms with van der Waals surface area (Å²) in [7, 11) is 0. The van der Waals surface area contributed by atoms with E-state index in [-0.39, 0.29) is 23.4 Å². The predicted octanol–water partition coefficient (Wildman–Crippen LogP) is 3.02. The number of carbonyl (C=O) groups is 2. The lowest BCUT2D eigenvalue weighted by atomic mass is 10.1. The van der Waals surface area contributed by atoms with E-state index in [2.05, 4.69) is 15.6 Å². The molecule has 132 valence electrons. The number of benzene rings is 1. The molecule has 7 heteroatoms. The molecule has 2 rings (SSSR count). The van der Waals surface area contributed by atoms with Crippen molar-refractivity contribution in [3.8, 4) is 6.07 Å². The highest BCUT2D eigenvalue weighted by atomic mass is 16.5. The van der Waals surface area contributed by atoms with Gasteiger partial charge in [0.2, 0.25) is 0 Å². The zero-order chi connectivity index (χ0) is 18.9. The van der Waals surface area contributed by atoms with Gasteiger partial charge < -0.3 is 15.4 Å². The maximum atomic E-state index is 12.4. The topological polar surface area (TPSA) is 104 Å². The molecule has 0 saturated carbocycles. The summed E-state index contributed by atoms with van der Waals surface area (Å²) in [5, 5.41) is 14.6. The third-order valence-electron chi connectivity index (χ3n) is 3.29. The number of aryl methyl sites for hydroxylation is 1. The lowest BCUT2D eigenvalue weighted by Crippen LogP contribution is -2.17. The van der Waals surface area contributed by atoms with Crippen molar-refractivity contribution < 1.29 is 14.3 Å². The molecule has 0 radical (unpaired) electrons. The van der Waals surface area contributed by atoms with Crippen molar-refractivity contribution in [2.24, 2.45) is 0 Å². The average molecular weight is 350 g/mol. The van der Waals surface area contributed by atoms with E-state index in [4.69, 9.17) is 4.74 Å². The molecule has 0 saturated heterocycles. The maximum absolute atomic E-state index is 12.4. The number of hydrogen-bond acceptors (Lipinski definition) is 6. The number of ether oxygens (including phenoxy) is 1. The van der Waals surface area contributed by atoms with Crippen LogP contribution in [0.2, 0.25) is 0 Å². The lowest BCUT2D eigenvalue weighted by molar-refractivity contribution is -0.112. The van der Waals surface area contributed by atoms with Crippen LogP contribution in [0.25, 0.3) is 0 Å². The van der Waals surface area contributed by atoms with Gasteiger partial charge in [0.25, 0.3) is 5.91 Å². The highest BCUT2D eigenvalue weighted by Gasteiger charge is 2.16. The van der Waals surface area contributed by atoms with Gasteiger partial charge in [-0.05, 0) is 38.1 Å². The second-order valence-corrected chi connectivity index (χ2v) is 5.20. The maximum Gasteiger partial charge on any atom is 0.340 e. The predicted molar refractivity (Wildman–Crippen MR) is 97.3 cm³/mol. The molecule has 2 N–H and O–H groups in total. The van der Waals surface area contributed by atoms with Crippen LogP contribution in [0.4, 0.5) is 11.5 Å². The molecule has 0 unspecified atom stereocenters. The van der Waals surface area contributed by atoms with Gasteiger partial charge in [-0.2, -0.15) is 5.26 Å². The van der Waals surface area contributed by atoms with E-state index in [0.717, 1.165) is 5.69 Å². The third-order valence-corrected chi connectivity index (χ3v) is 3.29. The molecule has 1 heterocycles. The largest absolute Gasteiger partial charge is 0.462 e. The number of carbonyl (C=O) groups excluding carboxylic acids is 2. The molecule has 0 aliphatic heterocycles. The fourth-order valence-electron chi connectivity index (χ4n) is 2.09. The first-order valence-electron chi connectivity index (χ1n) is 7.93. The summed E-state index contributed by atoms with van der Waals surface area (Å²) in [6.07, 6.45) is 1.27. The molecule has 26 heavy (non-hydrogen) atoms. The molecule has 7 nitrogen and oxygen atoms in total. The van der Waals surface area contributed by atoms with Crippen LogP contribution >= 0.6 is 0 Å². The number of nitriles is 1. The zero-order valence-corrected chi connectivity index (χ0v) is 14.4. The van der Waals surface area contributed by atoms with E-state index in [0.29, 0.717) is 5.82 Å². The Hall–Kier alpha value is -3.66. The van der Waals surface area contributed by atoms with Crippen LogP contribution in [-0.4, -0.2) is 23.5 Å². The number of anilines is 2. The fraction of sp³-hybridized carbons (Fsp3) is 0.158. The van der Waals surface area contributed by atoms with Gasteiger partial charge in [-0.3, -0.25) is 4.79 Å². The van der Waals surface area contributed by atoms with Gasteiger partial charge in [-0.25, -0.2) is 9.78 Å². The Morgan fingerprint density at radius 1 is 1.23 bits per heavy atom. The molecule has 0 fully saturated rings. The van der Waals surface area contributed by atoms with Crippen LogP contribution in [-0.2, 0) is 9.53 Å². The van der Waals surface area contributed by atoms with Crippen LogP contribution in [0.1, 0.15) is 23.0 Å². The Morgan fingerprint density at radius 2 is 2.00 bits per heavy atom. The molecule has 0 spiro atoms. The molecule has 0 atom stereocenters. The number of amides is 1. The summed E-state index contributed by atoms with van der Waals surface area (Å²) in [4.78, 5) is 28.5. The number of aromatic nitrogens is 1. The SMILES string of the molecule is CCOC(=O)c1ccccc1NC(=O)/C(C#N)=C\Nc1cccc(C)n1. The summed E-state index contributed by atoms with van der Waals surface area (Å²) in [5.41, 5.74) is 1.13. The first kappa shape index (κ1) is 18.7. The van der Waals surface area contributed by atoms with E-state index < -0.39 is 11.9 Å². The Bertz CT molecular complexity index is 884. The molecule has 1 amide bonds. The van der Waals surface area contributed by atoms with Gasteiger partial charge in [0.15, 0.2) is 0 Å². The van der Waals surface area contributed by atoms with Gasteiger partial charge >= 0.3 is 5.97 Å². The molecule has 0 bridgehead atoms. The third kappa shape index (κ3) is 4.92. The minimum absolute atomic E-state index is 0.160. The molecular formula is C19H18N4O3. The van der Waals surface area contributed by atoms with Gasteiger partial charge in [-0.1, -0.05) is 18.2 Å². The number of nitrogens with one attached hydrogen (secondary N) is 2. The van der Waals surface area contributed by atoms with Crippen LogP contribution < -0.4 is 10.6 Å². The van der Waals surface area contributed by atoms with Crippen molar-refractivity contribution in [1.29, 1.82) is 5.26 Å². The van der Waals surface area contributed by atoms with Crippen molar-refractivity contribution in [1.82, 2.24) is 4.98 Å². The van der Waals surface area contributed by atoms with Crippen molar-refractivity contribution in [2.45, 2.75) is 13.8 Å². The number of nitrogens with zero attached hydrogens (tertiary/aromatic N) is 2. The molecule has 1 aromatic heterocycles. The minimum atomic E-state index is -0.649. The van der Waals surface area contributed by atoms with Crippen LogP contribution in [0, 0.1) is 18.3 Å². The molecule has 0 aliphatic rings. The highest BCUT2D eigenvalue weighted by molar-refractivity contribution is 6.09. The van der Waals surface area contributed by atoms with Gasteiger partial charge in [-0.15, -0.1) is 0 Å². The first-order chi connectivity index (χ1) is 12.5. The summed E-state index contributed by atoms with van der Waals surface area (Å²) in [5.74, 6) is -0.685. The van der Waals surface area contributed by atoms with Crippen LogP contribution in [0.3, 0.4) is 0 Å². The van der Waals surface area contributed by atoms with Gasteiger partial charge in [0.1, 0.15) is 17.5 Å². The summed E-state index contributed by atoms with van der Waals surface area (Å²) in [6, 6.07) is 13.6. The van der Waals surface area contributed by atoms with Crippen LogP contribution in [0.5, 0.6) is 0 Å². The van der Waals surface area contributed by atoms with Crippen molar-refractivity contribution >= 4 is 23.4 Å². The fourth-order valence-corrected chi connectivity index (χ4v) is 2.09. The highest BCUT2D eigenvalue weighted by Crippen LogP contribution is 2.17. The van der Waals surface area contributed by atoms with E-state index >= 15 is 0 Å². The standard InChI is InChI=1S/C19H18N4O3/c1-3-26-19(25)15-8-4-5-9-16(15)23-18(24)14(11-20)12-21-17-10-6-7-13(2)22-17/h4-10,12H,3H2,1-2H3,(H,21,22)(H,23,24)/b14-12-. The monoisotopic (exact) mass is 350 g/mol. The minimum Gasteiger partial charge on any atom is -0.462 e. The quantitative estimate of drug-likeness (QED) is 0.471. The van der Waals surface area contributed by atoms with E-state index in [1.54, 1.807) is 37.3 Å².